The van der Waals surface area contributed by atoms with Crippen molar-refractivity contribution in [3.8, 4) is 22.4 Å². The molecular weight excluding hydrogens is 514 g/mol. The molecule has 4 heterocycles. The van der Waals surface area contributed by atoms with Crippen molar-refractivity contribution in [3.63, 3.8) is 0 Å². The summed E-state index contributed by atoms with van der Waals surface area (Å²) in [5.74, 6) is 0.728. The molecule has 1 fully saturated rings. The molecule has 2 aliphatic heterocycles. The van der Waals surface area contributed by atoms with Crippen molar-refractivity contribution in [2.45, 2.75) is 39.2 Å². The summed E-state index contributed by atoms with van der Waals surface area (Å²) in [5.41, 5.74) is 9.97. The van der Waals surface area contributed by atoms with Crippen molar-refractivity contribution in [1.29, 1.82) is 0 Å². The third-order valence-electron chi connectivity index (χ3n) is 8.41. The lowest BCUT2D eigenvalue weighted by Gasteiger charge is -2.30. The Hall–Kier alpha value is -3.88. The van der Waals surface area contributed by atoms with Crippen LogP contribution in [0.5, 0.6) is 0 Å². The predicted octanol–water partition coefficient (Wildman–Crippen LogP) is 5.05. The largest absolute Gasteiger partial charge is 0.381 e. The number of H-pyrrole nitrogens is 1. The number of Topliss-reactive ketones (excluding diaryl/α,β-unsaturated/α-hetero) is 1. The summed E-state index contributed by atoms with van der Waals surface area (Å²) in [7, 11) is 3.50. The molecule has 2 aromatic heterocycles. The van der Waals surface area contributed by atoms with Crippen LogP contribution >= 0.6 is 0 Å². The van der Waals surface area contributed by atoms with Gasteiger partial charge in [0.05, 0.1) is 11.9 Å². The maximum atomic E-state index is 12.6. The van der Waals surface area contributed by atoms with Gasteiger partial charge in [0.15, 0.2) is 5.65 Å². The van der Waals surface area contributed by atoms with Crippen molar-refractivity contribution in [1.82, 2.24) is 24.8 Å². The van der Waals surface area contributed by atoms with Gasteiger partial charge in [-0.3, -0.25) is 14.5 Å². The number of fused-ring (bicyclic) bond motifs is 2. The Morgan fingerprint density at radius 2 is 1.98 bits per heavy atom. The Morgan fingerprint density at radius 1 is 1.15 bits per heavy atom. The number of ether oxygens (including phenoxy) is 1. The van der Waals surface area contributed by atoms with Gasteiger partial charge in [-0.2, -0.15) is 0 Å². The average Bonchev–Trinajstić information content (AvgIpc) is 3.65. The van der Waals surface area contributed by atoms with Crippen LogP contribution in [0.25, 0.3) is 33.5 Å². The van der Waals surface area contributed by atoms with Crippen LogP contribution in [0.2, 0.25) is 0 Å². The minimum atomic E-state index is -0.0234. The number of aromatic nitrogens is 3. The maximum Gasteiger partial charge on any atom is 0.253 e. The van der Waals surface area contributed by atoms with E-state index < -0.39 is 0 Å². The summed E-state index contributed by atoms with van der Waals surface area (Å²) < 4.78 is 5.43. The summed E-state index contributed by atoms with van der Waals surface area (Å²) in [6, 6.07) is 12.1. The second kappa shape index (κ2) is 11.5. The standard InChI is InChI=1S/C33H37N5O3/c1-21-14-25(16-26-19-38(12-9-28(21)26)11-8-27(39)15-22-10-13-41-20-22)30-18-35-32-31(36-30)29(17-34-32)23-4-6-24(7-5-23)33(40)37(2)3/h4-7,14,16-18,22H,8-13,15,19-20H2,1-3H3,(H,34,35)/t22-/m0/s1. The van der Waals surface area contributed by atoms with Crippen LogP contribution in [0.1, 0.15) is 46.3 Å². The molecule has 0 aliphatic carbocycles. The van der Waals surface area contributed by atoms with Crippen molar-refractivity contribution >= 4 is 22.9 Å². The zero-order valence-electron chi connectivity index (χ0n) is 24.1. The molecule has 212 valence electrons. The third-order valence-corrected chi connectivity index (χ3v) is 8.41. The van der Waals surface area contributed by atoms with Crippen LogP contribution in [0, 0.1) is 12.8 Å². The number of ketones is 1. The lowest BCUT2D eigenvalue weighted by molar-refractivity contribution is -0.120. The molecule has 8 nitrogen and oxygen atoms in total. The number of hydrogen-bond donors (Lipinski definition) is 1. The highest BCUT2D eigenvalue weighted by Crippen LogP contribution is 2.32. The van der Waals surface area contributed by atoms with Crippen molar-refractivity contribution in [2.75, 3.05) is 40.4 Å². The van der Waals surface area contributed by atoms with Crippen LogP contribution in [-0.4, -0.2) is 76.8 Å². The fraction of sp³-hybridized carbons (Fsp3) is 0.394. The molecule has 1 N–H and O–H groups in total. The first-order valence-corrected chi connectivity index (χ1v) is 14.5. The summed E-state index contributed by atoms with van der Waals surface area (Å²) in [5, 5.41) is 0. The Bertz CT molecular complexity index is 1580. The molecule has 2 aliphatic rings. The highest BCUT2D eigenvalue weighted by molar-refractivity contribution is 5.96. The van der Waals surface area contributed by atoms with Gasteiger partial charge in [0, 0.05) is 82.7 Å². The Labute approximate surface area is 240 Å². The zero-order valence-corrected chi connectivity index (χ0v) is 24.1. The van der Waals surface area contributed by atoms with E-state index in [0.29, 0.717) is 30.1 Å². The molecule has 0 saturated carbocycles. The Kier molecular flexibility index (Phi) is 7.69. The third kappa shape index (κ3) is 5.80. The highest BCUT2D eigenvalue weighted by Gasteiger charge is 2.23. The van der Waals surface area contributed by atoms with E-state index in [1.807, 2.05) is 36.7 Å². The lowest BCUT2D eigenvalue weighted by atomic mass is 9.91. The van der Waals surface area contributed by atoms with E-state index in [9.17, 15) is 9.59 Å². The molecule has 1 atom stereocenters. The molecule has 0 unspecified atom stereocenters. The summed E-state index contributed by atoms with van der Waals surface area (Å²) >= 11 is 0. The van der Waals surface area contributed by atoms with E-state index in [4.69, 9.17) is 9.72 Å². The summed E-state index contributed by atoms with van der Waals surface area (Å²) in [6.45, 7) is 6.31. The summed E-state index contributed by atoms with van der Waals surface area (Å²) in [6.07, 6.45) is 7.00. The Balaban J connectivity index is 1.21. The number of aryl methyl sites for hydroxylation is 1. The molecule has 1 amide bonds. The fourth-order valence-electron chi connectivity index (χ4n) is 6.07. The fourth-order valence-corrected chi connectivity index (χ4v) is 6.07. The van der Waals surface area contributed by atoms with Gasteiger partial charge in [0.2, 0.25) is 0 Å². The molecule has 0 bridgehead atoms. The van der Waals surface area contributed by atoms with Crippen LogP contribution in [0.4, 0.5) is 0 Å². The number of hydrogen-bond acceptors (Lipinski definition) is 6. The first-order chi connectivity index (χ1) is 19.9. The molecular formula is C33H37N5O3. The first-order valence-electron chi connectivity index (χ1n) is 14.5. The van der Waals surface area contributed by atoms with Gasteiger partial charge in [-0.1, -0.05) is 12.1 Å². The zero-order chi connectivity index (χ0) is 28.5. The monoisotopic (exact) mass is 551 g/mol. The number of benzene rings is 2. The quantitative estimate of drug-likeness (QED) is 0.330. The minimum Gasteiger partial charge on any atom is -0.381 e. The van der Waals surface area contributed by atoms with Crippen molar-refractivity contribution in [3.05, 3.63) is 71.0 Å². The van der Waals surface area contributed by atoms with Gasteiger partial charge in [-0.15, -0.1) is 0 Å². The minimum absolute atomic E-state index is 0.0234. The van der Waals surface area contributed by atoms with Crippen molar-refractivity contribution in [2.24, 2.45) is 5.92 Å². The van der Waals surface area contributed by atoms with E-state index in [2.05, 4.69) is 33.9 Å². The molecule has 0 radical (unpaired) electrons. The van der Waals surface area contributed by atoms with E-state index in [-0.39, 0.29) is 5.91 Å². The predicted molar refractivity (Wildman–Crippen MR) is 160 cm³/mol. The van der Waals surface area contributed by atoms with Gasteiger partial charge in [-0.25, -0.2) is 9.97 Å². The Morgan fingerprint density at radius 3 is 2.73 bits per heavy atom. The molecule has 6 rings (SSSR count). The average molecular weight is 552 g/mol. The highest BCUT2D eigenvalue weighted by atomic mass is 16.5. The molecule has 4 aromatic rings. The number of carbonyl (C=O) groups excluding carboxylic acids is 2. The van der Waals surface area contributed by atoms with Crippen LogP contribution in [-0.2, 0) is 22.5 Å². The number of carbonyl (C=O) groups is 2. The number of nitrogens with one attached hydrogen (secondary N) is 1. The second-order valence-electron chi connectivity index (χ2n) is 11.6. The van der Waals surface area contributed by atoms with Crippen molar-refractivity contribution < 1.29 is 14.3 Å². The van der Waals surface area contributed by atoms with E-state index >= 15 is 0 Å². The number of aromatic amines is 1. The molecule has 41 heavy (non-hydrogen) atoms. The van der Waals surface area contributed by atoms with Crippen LogP contribution in [0.15, 0.2) is 48.8 Å². The van der Waals surface area contributed by atoms with E-state index in [1.54, 1.807) is 19.0 Å². The number of nitrogens with zero attached hydrogens (tertiary/aromatic N) is 4. The molecule has 1 saturated heterocycles. The molecule has 2 aromatic carbocycles. The SMILES string of the molecule is Cc1cc(-c2cnc3[nH]cc(-c4ccc(C(=O)N(C)C)cc4)c3n2)cc2c1CCN(CCC(=O)C[C@@H]1CCOC1)C2. The van der Waals surface area contributed by atoms with Crippen LogP contribution < -0.4 is 0 Å². The molecule has 8 heteroatoms. The van der Waals surface area contributed by atoms with Gasteiger partial charge in [0.25, 0.3) is 5.91 Å². The van der Waals surface area contributed by atoms with E-state index in [0.717, 1.165) is 79.2 Å². The van der Waals surface area contributed by atoms with Crippen LogP contribution in [0.3, 0.4) is 0 Å². The van der Waals surface area contributed by atoms with Gasteiger partial charge >= 0.3 is 0 Å². The smallest absolute Gasteiger partial charge is 0.253 e. The topological polar surface area (TPSA) is 91.4 Å². The number of rotatable bonds is 8. The van der Waals surface area contributed by atoms with Gasteiger partial charge < -0.3 is 14.6 Å². The lowest BCUT2D eigenvalue weighted by Crippen LogP contribution is -2.33. The number of amides is 1. The van der Waals surface area contributed by atoms with Gasteiger partial charge in [0.1, 0.15) is 11.3 Å². The maximum absolute atomic E-state index is 12.6. The van der Waals surface area contributed by atoms with Gasteiger partial charge in [-0.05, 0) is 72.2 Å². The van der Waals surface area contributed by atoms with E-state index in [1.165, 1.54) is 16.7 Å². The molecule has 0 spiro atoms. The second-order valence-corrected chi connectivity index (χ2v) is 11.6. The normalized spacial score (nSPS) is 17.1. The summed E-state index contributed by atoms with van der Waals surface area (Å²) in [4.78, 5) is 41.8. The first kappa shape index (κ1) is 27.3.